The Balaban J connectivity index is 2.39. The van der Waals surface area contributed by atoms with Crippen molar-refractivity contribution < 1.29 is 4.52 Å². The molecule has 0 fully saturated rings. The van der Waals surface area contributed by atoms with Crippen molar-refractivity contribution in [3.05, 3.63) is 34.8 Å². The highest BCUT2D eigenvalue weighted by Crippen LogP contribution is 2.20. The van der Waals surface area contributed by atoms with Gasteiger partial charge in [0.25, 0.3) is 0 Å². The van der Waals surface area contributed by atoms with Gasteiger partial charge in [-0.2, -0.15) is 0 Å². The SMILES string of the molecule is NCc1cc(-c2ccnc(Br)c2)no1. The lowest BCUT2D eigenvalue weighted by atomic mass is 10.2. The maximum Gasteiger partial charge on any atom is 0.150 e. The van der Waals surface area contributed by atoms with Gasteiger partial charge in [-0.05, 0) is 28.1 Å². The molecule has 0 saturated heterocycles. The summed E-state index contributed by atoms with van der Waals surface area (Å²) in [5, 5.41) is 3.89. The van der Waals surface area contributed by atoms with E-state index in [9.17, 15) is 0 Å². The highest BCUT2D eigenvalue weighted by atomic mass is 79.9. The fraction of sp³-hybridized carbons (Fsp3) is 0.111. The van der Waals surface area contributed by atoms with Crippen LogP contribution in [0.25, 0.3) is 11.3 Å². The van der Waals surface area contributed by atoms with Crippen molar-refractivity contribution in [1.29, 1.82) is 0 Å². The van der Waals surface area contributed by atoms with E-state index in [-0.39, 0.29) is 0 Å². The van der Waals surface area contributed by atoms with Crippen LogP contribution in [-0.2, 0) is 6.54 Å². The zero-order valence-corrected chi connectivity index (χ0v) is 8.86. The molecule has 0 aliphatic rings. The fourth-order valence-electron chi connectivity index (χ4n) is 1.11. The standard InChI is InChI=1S/C9H8BrN3O/c10-9-3-6(1-2-12-9)8-4-7(5-11)14-13-8/h1-4H,5,11H2. The summed E-state index contributed by atoms with van der Waals surface area (Å²) in [6, 6.07) is 5.56. The molecular formula is C9H8BrN3O. The first-order chi connectivity index (χ1) is 6.79. The van der Waals surface area contributed by atoms with Crippen molar-refractivity contribution in [3.63, 3.8) is 0 Å². The Morgan fingerprint density at radius 2 is 2.29 bits per heavy atom. The van der Waals surface area contributed by atoms with Crippen LogP contribution in [0.2, 0.25) is 0 Å². The van der Waals surface area contributed by atoms with Gasteiger partial charge >= 0.3 is 0 Å². The van der Waals surface area contributed by atoms with Gasteiger partial charge in [0.05, 0.1) is 6.54 Å². The van der Waals surface area contributed by atoms with Gasteiger partial charge < -0.3 is 10.3 Å². The number of hydrogen-bond donors (Lipinski definition) is 1. The van der Waals surface area contributed by atoms with Crippen LogP contribution in [0.3, 0.4) is 0 Å². The highest BCUT2D eigenvalue weighted by molar-refractivity contribution is 9.10. The van der Waals surface area contributed by atoms with E-state index >= 15 is 0 Å². The molecule has 2 heterocycles. The van der Waals surface area contributed by atoms with Crippen molar-refractivity contribution in [2.75, 3.05) is 0 Å². The van der Waals surface area contributed by atoms with Gasteiger partial charge in [-0.15, -0.1) is 0 Å². The Kier molecular flexibility index (Phi) is 2.60. The maximum atomic E-state index is 5.42. The van der Waals surface area contributed by atoms with E-state index in [0.29, 0.717) is 12.3 Å². The lowest BCUT2D eigenvalue weighted by Crippen LogP contribution is -1.92. The molecule has 2 N–H and O–H groups in total. The Hall–Kier alpha value is -1.20. The minimum atomic E-state index is 0.360. The molecule has 0 bridgehead atoms. The van der Waals surface area contributed by atoms with Crippen molar-refractivity contribution in [2.45, 2.75) is 6.54 Å². The Morgan fingerprint density at radius 1 is 1.43 bits per heavy atom. The molecule has 0 atom stereocenters. The predicted molar refractivity (Wildman–Crippen MR) is 55.3 cm³/mol. The van der Waals surface area contributed by atoms with Gasteiger partial charge in [0, 0.05) is 17.8 Å². The monoisotopic (exact) mass is 253 g/mol. The van der Waals surface area contributed by atoms with E-state index in [0.717, 1.165) is 15.9 Å². The molecule has 0 aliphatic carbocycles. The van der Waals surface area contributed by atoms with E-state index < -0.39 is 0 Å². The summed E-state index contributed by atoms with van der Waals surface area (Å²) in [6.45, 7) is 0.360. The normalized spacial score (nSPS) is 10.4. The summed E-state index contributed by atoms with van der Waals surface area (Å²) in [7, 11) is 0. The van der Waals surface area contributed by atoms with E-state index in [1.54, 1.807) is 6.20 Å². The average molecular weight is 254 g/mol. The first kappa shape index (κ1) is 9.36. The molecule has 0 amide bonds. The Morgan fingerprint density at radius 3 is 2.93 bits per heavy atom. The van der Waals surface area contributed by atoms with Crippen molar-refractivity contribution >= 4 is 15.9 Å². The van der Waals surface area contributed by atoms with E-state index in [1.165, 1.54) is 0 Å². The molecule has 5 heteroatoms. The van der Waals surface area contributed by atoms with Gasteiger partial charge in [0.15, 0.2) is 5.76 Å². The molecule has 0 aromatic carbocycles. The first-order valence-electron chi connectivity index (χ1n) is 4.07. The lowest BCUT2D eigenvalue weighted by Gasteiger charge is -1.94. The summed E-state index contributed by atoms with van der Waals surface area (Å²) in [5.41, 5.74) is 7.14. The summed E-state index contributed by atoms with van der Waals surface area (Å²) in [4.78, 5) is 4.03. The van der Waals surface area contributed by atoms with Crippen LogP contribution in [-0.4, -0.2) is 10.1 Å². The second kappa shape index (κ2) is 3.89. The van der Waals surface area contributed by atoms with Gasteiger partial charge in [-0.1, -0.05) is 5.16 Å². The third kappa shape index (κ3) is 1.83. The van der Waals surface area contributed by atoms with Gasteiger partial charge in [-0.25, -0.2) is 4.98 Å². The summed E-state index contributed by atoms with van der Waals surface area (Å²) in [5.74, 6) is 0.674. The van der Waals surface area contributed by atoms with Crippen LogP contribution in [0.15, 0.2) is 33.5 Å². The Labute approximate surface area is 89.2 Å². The lowest BCUT2D eigenvalue weighted by molar-refractivity contribution is 0.387. The first-order valence-corrected chi connectivity index (χ1v) is 4.86. The molecule has 4 nitrogen and oxygen atoms in total. The van der Waals surface area contributed by atoms with Gasteiger partial charge in [-0.3, -0.25) is 0 Å². The second-order valence-corrected chi connectivity index (χ2v) is 3.56. The number of pyridine rings is 1. The molecule has 72 valence electrons. The molecule has 2 aromatic heterocycles. The van der Waals surface area contributed by atoms with Gasteiger partial charge in [0.2, 0.25) is 0 Å². The third-order valence-electron chi connectivity index (χ3n) is 1.78. The number of nitrogens with two attached hydrogens (primary N) is 1. The van der Waals surface area contributed by atoms with Crippen LogP contribution in [0.5, 0.6) is 0 Å². The van der Waals surface area contributed by atoms with Crippen LogP contribution < -0.4 is 5.73 Å². The molecule has 0 spiro atoms. The largest absolute Gasteiger partial charge is 0.359 e. The summed E-state index contributed by atoms with van der Waals surface area (Å²) < 4.78 is 5.77. The molecular weight excluding hydrogens is 246 g/mol. The average Bonchev–Trinajstić information content (AvgIpc) is 2.66. The van der Waals surface area contributed by atoms with Crippen LogP contribution >= 0.6 is 15.9 Å². The van der Waals surface area contributed by atoms with Crippen molar-refractivity contribution in [3.8, 4) is 11.3 Å². The molecule has 0 unspecified atom stereocenters. The summed E-state index contributed by atoms with van der Waals surface area (Å²) >= 11 is 3.29. The Bertz CT molecular complexity index is 441. The number of halogens is 1. The molecule has 2 aromatic rings. The zero-order valence-electron chi connectivity index (χ0n) is 7.27. The minimum Gasteiger partial charge on any atom is -0.359 e. The van der Waals surface area contributed by atoms with E-state index in [1.807, 2.05) is 18.2 Å². The number of hydrogen-bond acceptors (Lipinski definition) is 4. The van der Waals surface area contributed by atoms with Crippen LogP contribution in [0, 0.1) is 0 Å². The van der Waals surface area contributed by atoms with E-state index in [2.05, 4.69) is 26.1 Å². The van der Waals surface area contributed by atoms with Crippen molar-refractivity contribution in [1.82, 2.24) is 10.1 Å². The molecule has 2 rings (SSSR count). The topological polar surface area (TPSA) is 64.9 Å². The van der Waals surface area contributed by atoms with E-state index in [4.69, 9.17) is 10.3 Å². The second-order valence-electron chi connectivity index (χ2n) is 2.75. The smallest absolute Gasteiger partial charge is 0.150 e. The van der Waals surface area contributed by atoms with Crippen LogP contribution in [0.1, 0.15) is 5.76 Å². The fourth-order valence-corrected chi connectivity index (χ4v) is 1.47. The minimum absolute atomic E-state index is 0.360. The highest BCUT2D eigenvalue weighted by Gasteiger charge is 2.05. The molecule has 0 radical (unpaired) electrons. The third-order valence-corrected chi connectivity index (χ3v) is 2.22. The van der Waals surface area contributed by atoms with Gasteiger partial charge in [0.1, 0.15) is 10.3 Å². The molecule has 14 heavy (non-hydrogen) atoms. The molecule has 0 saturated carbocycles. The predicted octanol–water partition coefficient (Wildman–Crippen LogP) is 1.96. The maximum absolute atomic E-state index is 5.42. The molecule has 0 aliphatic heterocycles. The van der Waals surface area contributed by atoms with Crippen molar-refractivity contribution in [2.24, 2.45) is 5.73 Å². The van der Waals surface area contributed by atoms with Crippen LogP contribution in [0.4, 0.5) is 0 Å². The quantitative estimate of drug-likeness (QED) is 0.832. The number of nitrogens with zero attached hydrogens (tertiary/aromatic N) is 2. The number of rotatable bonds is 2. The zero-order chi connectivity index (χ0) is 9.97. The summed E-state index contributed by atoms with van der Waals surface area (Å²) in [6.07, 6.45) is 1.70. The number of aromatic nitrogens is 2.